The van der Waals surface area contributed by atoms with Gasteiger partial charge in [0.2, 0.25) is 0 Å². The van der Waals surface area contributed by atoms with E-state index in [0.29, 0.717) is 6.04 Å². The highest BCUT2D eigenvalue weighted by molar-refractivity contribution is 4.89. The fourth-order valence-electron chi connectivity index (χ4n) is 2.03. The number of aromatic nitrogens is 3. The summed E-state index contributed by atoms with van der Waals surface area (Å²) in [4.78, 5) is 4.35. The van der Waals surface area contributed by atoms with Gasteiger partial charge in [0.1, 0.15) is 12.2 Å². The van der Waals surface area contributed by atoms with Gasteiger partial charge in [-0.05, 0) is 32.2 Å². The van der Waals surface area contributed by atoms with Gasteiger partial charge in [0.15, 0.2) is 0 Å². The number of nitrogens with one attached hydrogen (secondary N) is 1. The van der Waals surface area contributed by atoms with E-state index in [4.69, 9.17) is 0 Å². The Bertz CT molecular complexity index is 306. The summed E-state index contributed by atoms with van der Waals surface area (Å²) >= 11 is 0. The lowest BCUT2D eigenvalue weighted by molar-refractivity contribution is 0.421. The number of nitrogens with zero attached hydrogens (tertiary/aromatic N) is 3. The zero-order valence-electron chi connectivity index (χ0n) is 11.6. The van der Waals surface area contributed by atoms with Crippen molar-refractivity contribution >= 4 is 0 Å². The van der Waals surface area contributed by atoms with Crippen molar-refractivity contribution in [3.05, 3.63) is 12.2 Å². The van der Waals surface area contributed by atoms with Crippen LogP contribution in [0.4, 0.5) is 0 Å². The Morgan fingerprint density at radius 2 is 2.06 bits per heavy atom. The molecule has 0 aliphatic heterocycles. The van der Waals surface area contributed by atoms with Crippen molar-refractivity contribution < 1.29 is 0 Å². The van der Waals surface area contributed by atoms with Crippen LogP contribution in [0.2, 0.25) is 0 Å². The van der Waals surface area contributed by atoms with E-state index in [0.717, 1.165) is 31.3 Å². The van der Waals surface area contributed by atoms with Crippen LogP contribution in [-0.4, -0.2) is 27.4 Å². The summed E-state index contributed by atoms with van der Waals surface area (Å²) in [7, 11) is 0. The predicted molar refractivity (Wildman–Crippen MR) is 70.9 cm³/mol. The molecule has 0 saturated carbocycles. The summed E-state index contributed by atoms with van der Waals surface area (Å²) in [6.45, 7) is 10.7. The van der Waals surface area contributed by atoms with Gasteiger partial charge in [-0.2, -0.15) is 5.10 Å². The highest BCUT2D eigenvalue weighted by Crippen LogP contribution is 2.10. The van der Waals surface area contributed by atoms with Crippen LogP contribution in [-0.2, 0) is 13.0 Å². The van der Waals surface area contributed by atoms with Gasteiger partial charge in [-0.3, -0.25) is 4.68 Å². The molecule has 0 fully saturated rings. The summed E-state index contributed by atoms with van der Waals surface area (Å²) in [6.07, 6.45) is 5.11. The monoisotopic (exact) mass is 238 g/mol. The van der Waals surface area contributed by atoms with E-state index in [9.17, 15) is 0 Å². The summed E-state index contributed by atoms with van der Waals surface area (Å²) in [5.41, 5.74) is 0. The quantitative estimate of drug-likeness (QED) is 0.755. The van der Waals surface area contributed by atoms with Crippen LogP contribution in [0.25, 0.3) is 0 Å². The van der Waals surface area contributed by atoms with E-state index >= 15 is 0 Å². The molecule has 98 valence electrons. The number of rotatable bonds is 8. The molecular weight excluding hydrogens is 212 g/mol. The summed E-state index contributed by atoms with van der Waals surface area (Å²) < 4.78 is 1.99. The van der Waals surface area contributed by atoms with Gasteiger partial charge in [-0.1, -0.05) is 20.8 Å². The van der Waals surface area contributed by atoms with Crippen LogP contribution in [0.3, 0.4) is 0 Å². The van der Waals surface area contributed by atoms with Crippen molar-refractivity contribution in [2.24, 2.45) is 5.92 Å². The van der Waals surface area contributed by atoms with E-state index in [2.05, 4.69) is 43.1 Å². The zero-order valence-corrected chi connectivity index (χ0v) is 11.6. The fourth-order valence-corrected chi connectivity index (χ4v) is 2.03. The minimum Gasteiger partial charge on any atom is -0.314 e. The van der Waals surface area contributed by atoms with E-state index in [-0.39, 0.29) is 0 Å². The lowest BCUT2D eigenvalue weighted by Gasteiger charge is -2.18. The Labute approximate surface area is 105 Å². The van der Waals surface area contributed by atoms with Crippen molar-refractivity contribution in [1.29, 1.82) is 0 Å². The molecule has 4 heteroatoms. The second kappa shape index (κ2) is 7.43. The third kappa shape index (κ3) is 4.86. The molecule has 1 heterocycles. The molecule has 0 amide bonds. The van der Waals surface area contributed by atoms with Crippen LogP contribution < -0.4 is 5.32 Å². The molecule has 1 atom stereocenters. The van der Waals surface area contributed by atoms with E-state index in [1.54, 1.807) is 6.33 Å². The molecule has 1 rings (SSSR count). The first kappa shape index (κ1) is 14.2. The van der Waals surface area contributed by atoms with Gasteiger partial charge in [0, 0.05) is 19.0 Å². The van der Waals surface area contributed by atoms with Crippen molar-refractivity contribution in [2.45, 2.75) is 59.5 Å². The average molecular weight is 238 g/mol. The Morgan fingerprint density at radius 1 is 1.29 bits per heavy atom. The lowest BCUT2D eigenvalue weighted by atomic mass is 10.0. The smallest absolute Gasteiger partial charge is 0.138 e. The topological polar surface area (TPSA) is 42.7 Å². The standard InChI is InChI=1S/C13H26N4/c1-5-14-12(8-7-11(3)4)9-13-15-10-16-17(13)6-2/h10-12,14H,5-9H2,1-4H3. The second-order valence-electron chi connectivity index (χ2n) is 4.92. The third-order valence-electron chi connectivity index (χ3n) is 3.01. The minimum absolute atomic E-state index is 0.525. The molecule has 0 radical (unpaired) electrons. The maximum Gasteiger partial charge on any atom is 0.138 e. The summed E-state index contributed by atoms with van der Waals surface area (Å²) in [6, 6.07) is 0.525. The second-order valence-corrected chi connectivity index (χ2v) is 4.92. The fraction of sp³-hybridized carbons (Fsp3) is 0.846. The maximum atomic E-state index is 4.35. The molecule has 0 spiro atoms. The first-order valence-corrected chi connectivity index (χ1v) is 6.77. The Morgan fingerprint density at radius 3 is 2.65 bits per heavy atom. The molecule has 1 unspecified atom stereocenters. The predicted octanol–water partition coefficient (Wildman–Crippen LogP) is 2.25. The zero-order chi connectivity index (χ0) is 12.7. The van der Waals surface area contributed by atoms with Gasteiger partial charge in [-0.25, -0.2) is 4.98 Å². The van der Waals surface area contributed by atoms with Gasteiger partial charge in [0.05, 0.1) is 0 Å². The van der Waals surface area contributed by atoms with Gasteiger partial charge >= 0.3 is 0 Å². The number of hydrogen-bond donors (Lipinski definition) is 1. The first-order valence-electron chi connectivity index (χ1n) is 6.77. The number of likely N-dealkylation sites (N-methyl/N-ethyl adjacent to an activating group) is 1. The van der Waals surface area contributed by atoms with Crippen molar-refractivity contribution in [1.82, 2.24) is 20.1 Å². The van der Waals surface area contributed by atoms with Gasteiger partial charge < -0.3 is 5.32 Å². The van der Waals surface area contributed by atoms with Crippen LogP contribution >= 0.6 is 0 Å². The molecule has 1 aromatic heterocycles. The Balaban J connectivity index is 2.53. The van der Waals surface area contributed by atoms with Crippen molar-refractivity contribution in [2.75, 3.05) is 6.54 Å². The van der Waals surface area contributed by atoms with Crippen LogP contribution in [0.15, 0.2) is 6.33 Å². The molecule has 0 aliphatic carbocycles. The van der Waals surface area contributed by atoms with Crippen LogP contribution in [0.5, 0.6) is 0 Å². The average Bonchev–Trinajstić information content (AvgIpc) is 2.73. The molecule has 0 bridgehead atoms. The molecule has 0 saturated heterocycles. The maximum absolute atomic E-state index is 4.35. The Kier molecular flexibility index (Phi) is 6.19. The molecule has 17 heavy (non-hydrogen) atoms. The van der Waals surface area contributed by atoms with Crippen LogP contribution in [0.1, 0.15) is 46.4 Å². The largest absolute Gasteiger partial charge is 0.314 e. The highest BCUT2D eigenvalue weighted by Gasteiger charge is 2.13. The molecule has 4 nitrogen and oxygen atoms in total. The van der Waals surface area contributed by atoms with Crippen LogP contribution in [0, 0.1) is 5.92 Å². The number of aryl methyl sites for hydroxylation is 1. The van der Waals surface area contributed by atoms with E-state index in [1.807, 2.05) is 4.68 Å². The van der Waals surface area contributed by atoms with Gasteiger partial charge in [0.25, 0.3) is 0 Å². The Hall–Kier alpha value is -0.900. The third-order valence-corrected chi connectivity index (χ3v) is 3.01. The highest BCUT2D eigenvalue weighted by atomic mass is 15.3. The number of hydrogen-bond acceptors (Lipinski definition) is 3. The van der Waals surface area contributed by atoms with Crippen molar-refractivity contribution in [3.63, 3.8) is 0 Å². The van der Waals surface area contributed by atoms with Gasteiger partial charge in [-0.15, -0.1) is 0 Å². The molecule has 1 N–H and O–H groups in total. The molecule has 0 aromatic carbocycles. The molecule has 0 aliphatic rings. The lowest BCUT2D eigenvalue weighted by Crippen LogP contribution is -2.32. The van der Waals surface area contributed by atoms with Crippen molar-refractivity contribution in [3.8, 4) is 0 Å². The van der Waals surface area contributed by atoms with E-state index < -0.39 is 0 Å². The van der Waals surface area contributed by atoms with E-state index in [1.165, 1.54) is 12.8 Å². The minimum atomic E-state index is 0.525. The SMILES string of the molecule is CCNC(CCC(C)C)Cc1ncnn1CC. The summed E-state index contributed by atoms with van der Waals surface area (Å²) in [5.74, 6) is 1.86. The molecule has 1 aromatic rings. The molecular formula is C13H26N4. The normalized spacial score (nSPS) is 13.2. The first-order chi connectivity index (χ1) is 8.17. The summed E-state index contributed by atoms with van der Waals surface area (Å²) in [5, 5.41) is 7.77.